The first-order valence-corrected chi connectivity index (χ1v) is 8.20. The van der Waals surface area contributed by atoms with E-state index in [0.29, 0.717) is 29.1 Å². The number of nitrogens with zero attached hydrogens (tertiary/aromatic N) is 1. The molecule has 0 spiro atoms. The predicted octanol–water partition coefficient (Wildman–Crippen LogP) is 3.40. The minimum atomic E-state index is -0.392. The summed E-state index contributed by atoms with van der Waals surface area (Å²) in [5.41, 5.74) is 4.34. The molecule has 1 N–H and O–H groups in total. The van der Waals surface area contributed by atoms with Gasteiger partial charge in [0, 0.05) is 17.9 Å². The Hall–Kier alpha value is -2.56. The second kappa shape index (κ2) is 6.15. The van der Waals surface area contributed by atoms with Gasteiger partial charge < -0.3 is 14.6 Å². The van der Waals surface area contributed by atoms with E-state index in [0.717, 1.165) is 12.1 Å². The normalized spacial score (nSPS) is 13.3. The zero-order chi connectivity index (χ0) is 17.4. The van der Waals surface area contributed by atoms with Crippen molar-refractivity contribution in [3.63, 3.8) is 0 Å². The molecular weight excluding hydrogens is 304 g/mol. The summed E-state index contributed by atoms with van der Waals surface area (Å²) < 4.78 is 5.29. The van der Waals surface area contributed by atoms with Crippen molar-refractivity contribution >= 4 is 17.6 Å². The Morgan fingerprint density at radius 2 is 1.92 bits per heavy atom. The van der Waals surface area contributed by atoms with Gasteiger partial charge in [-0.25, -0.2) is 4.79 Å². The van der Waals surface area contributed by atoms with Gasteiger partial charge >= 0.3 is 5.97 Å². The Morgan fingerprint density at radius 1 is 1.21 bits per heavy atom. The molecule has 0 saturated heterocycles. The van der Waals surface area contributed by atoms with E-state index >= 15 is 0 Å². The van der Waals surface area contributed by atoms with E-state index in [9.17, 15) is 9.59 Å². The number of hydrogen-bond acceptors (Lipinski definition) is 3. The van der Waals surface area contributed by atoms with Crippen molar-refractivity contribution in [2.75, 3.05) is 11.4 Å². The molecule has 5 heteroatoms. The molecule has 0 fully saturated rings. The summed E-state index contributed by atoms with van der Waals surface area (Å²) in [6.45, 7) is 7.85. The highest BCUT2D eigenvalue weighted by Gasteiger charge is 2.30. The maximum absolute atomic E-state index is 13.0. The van der Waals surface area contributed by atoms with Gasteiger partial charge in [0.15, 0.2) is 0 Å². The highest BCUT2D eigenvalue weighted by atomic mass is 16.5. The molecule has 1 amide bonds. The van der Waals surface area contributed by atoms with Gasteiger partial charge in [0.1, 0.15) is 5.69 Å². The van der Waals surface area contributed by atoms with Crippen LogP contribution in [0, 0.1) is 13.8 Å². The lowest BCUT2D eigenvalue weighted by atomic mass is 10.1. The molecule has 2 aromatic rings. The third kappa shape index (κ3) is 2.70. The largest absolute Gasteiger partial charge is 0.459 e. The summed E-state index contributed by atoms with van der Waals surface area (Å²) >= 11 is 0. The molecule has 126 valence electrons. The van der Waals surface area contributed by atoms with E-state index in [4.69, 9.17) is 4.74 Å². The Kier molecular flexibility index (Phi) is 4.18. The summed E-state index contributed by atoms with van der Waals surface area (Å²) in [5.74, 6) is -0.499. The van der Waals surface area contributed by atoms with Crippen LogP contribution in [-0.2, 0) is 11.2 Å². The predicted molar refractivity (Wildman–Crippen MR) is 92.6 cm³/mol. The number of para-hydroxylation sites is 1. The first kappa shape index (κ1) is 16.3. The molecule has 2 heterocycles. The molecule has 0 saturated carbocycles. The molecule has 0 bridgehead atoms. The zero-order valence-corrected chi connectivity index (χ0v) is 14.5. The van der Waals surface area contributed by atoms with Crippen LogP contribution >= 0.6 is 0 Å². The standard InChI is InChI=1S/C19H22N2O3/c1-11(2)24-19(23)16-12(3)17(20-13(16)4)18(22)21-10-9-14-7-5-6-8-15(14)21/h5-8,11,20H,9-10H2,1-4H3. The van der Waals surface area contributed by atoms with Crippen molar-refractivity contribution < 1.29 is 14.3 Å². The molecule has 1 aliphatic heterocycles. The van der Waals surface area contributed by atoms with Gasteiger partial charge in [-0.1, -0.05) is 18.2 Å². The first-order valence-electron chi connectivity index (χ1n) is 8.20. The smallest absolute Gasteiger partial charge is 0.340 e. The van der Waals surface area contributed by atoms with Crippen molar-refractivity contribution in [1.82, 2.24) is 4.98 Å². The SMILES string of the molecule is Cc1[nH]c(C(=O)N2CCc3ccccc32)c(C)c1C(=O)OC(C)C. The van der Waals surface area contributed by atoms with Gasteiger partial charge in [-0.2, -0.15) is 0 Å². The van der Waals surface area contributed by atoms with Crippen LogP contribution in [0.5, 0.6) is 0 Å². The third-order valence-electron chi connectivity index (χ3n) is 4.33. The Balaban J connectivity index is 1.94. The molecule has 0 aliphatic carbocycles. The molecule has 0 unspecified atom stereocenters. The van der Waals surface area contributed by atoms with Crippen molar-refractivity contribution in [1.29, 1.82) is 0 Å². The van der Waals surface area contributed by atoms with E-state index < -0.39 is 5.97 Å². The maximum atomic E-state index is 13.0. The van der Waals surface area contributed by atoms with Gasteiger partial charge in [-0.05, 0) is 51.3 Å². The summed E-state index contributed by atoms with van der Waals surface area (Å²) in [7, 11) is 0. The number of hydrogen-bond donors (Lipinski definition) is 1. The number of aromatic amines is 1. The number of fused-ring (bicyclic) bond motifs is 1. The summed E-state index contributed by atoms with van der Waals surface area (Å²) in [5, 5.41) is 0. The van der Waals surface area contributed by atoms with Gasteiger partial charge in [-0.3, -0.25) is 4.79 Å². The van der Waals surface area contributed by atoms with Crippen LogP contribution in [0.2, 0.25) is 0 Å². The lowest BCUT2D eigenvalue weighted by Gasteiger charge is -2.17. The number of rotatable bonds is 3. The topological polar surface area (TPSA) is 62.4 Å². The average Bonchev–Trinajstić information content (AvgIpc) is 3.07. The van der Waals surface area contributed by atoms with Crippen molar-refractivity contribution in [2.45, 2.75) is 40.2 Å². The number of carbonyl (C=O) groups excluding carboxylic acids is 2. The van der Waals surface area contributed by atoms with Crippen LogP contribution in [0.15, 0.2) is 24.3 Å². The molecule has 1 aliphatic rings. The molecule has 0 radical (unpaired) electrons. The minimum absolute atomic E-state index is 0.107. The van der Waals surface area contributed by atoms with Crippen LogP contribution < -0.4 is 4.90 Å². The number of nitrogens with one attached hydrogen (secondary N) is 1. The molecule has 5 nitrogen and oxygen atoms in total. The minimum Gasteiger partial charge on any atom is -0.459 e. The van der Waals surface area contributed by atoms with Gasteiger partial charge in [0.2, 0.25) is 0 Å². The second-order valence-electron chi connectivity index (χ2n) is 6.41. The molecule has 24 heavy (non-hydrogen) atoms. The zero-order valence-electron chi connectivity index (χ0n) is 14.5. The number of esters is 1. The number of aromatic nitrogens is 1. The van der Waals surface area contributed by atoms with Gasteiger partial charge in [0.25, 0.3) is 5.91 Å². The van der Waals surface area contributed by atoms with Crippen LogP contribution in [0.3, 0.4) is 0 Å². The number of benzene rings is 1. The van der Waals surface area contributed by atoms with E-state index in [2.05, 4.69) is 4.98 Å². The summed E-state index contributed by atoms with van der Waals surface area (Å²) in [4.78, 5) is 30.1. The maximum Gasteiger partial charge on any atom is 0.340 e. The fourth-order valence-corrected chi connectivity index (χ4v) is 3.23. The quantitative estimate of drug-likeness (QED) is 0.879. The van der Waals surface area contributed by atoms with Gasteiger partial charge in [0.05, 0.1) is 11.7 Å². The fraction of sp³-hybridized carbons (Fsp3) is 0.368. The average molecular weight is 326 g/mol. The lowest BCUT2D eigenvalue weighted by molar-refractivity contribution is 0.0376. The monoisotopic (exact) mass is 326 g/mol. The number of H-pyrrole nitrogens is 1. The molecule has 3 rings (SSSR count). The molecule has 1 aromatic heterocycles. The third-order valence-corrected chi connectivity index (χ3v) is 4.33. The van der Waals surface area contributed by atoms with Crippen LogP contribution in [-0.4, -0.2) is 29.5 Å². The highest BCUT2D eigenvalue weighted by Crippen LogP contribution is 2.30. The second-order valence-corrected chi connectivity index (χ2v) is 6.41. The molecule has 1 aromatic carbocycles. The summed E-state index contributed by atoms with van der Waals surface area (Å²) in [6.07, 6.45) is 0.652. The van der Waals surface area contributed by atoms with Crippen molar-refractivity contribution in [3.05, 3.63) is 52.3 Å². The van der Waals surface area contributed by atoms with Crippen LogP contribution in [0.4, 0.5) is 5.69 Å². The molecule has 0 atom stereocenters. The Bertz CT molecular complexity index is 805. The van der Waals surface area contributed by atoms with E-state index in [1.807, 2.05) is 38.1 Å². The van der Waals surface area contributed by atoms with Crippen molar-refractivity contribution in [3.8, 4) is 0 Å². The lowest BCUT2D eigenvalue weighted by Crippen LogP contribution is -2.29. The number of ether oxygens (including phenoxy) is 1. The van der Waals surface area contributed by atoms with Crippen LogP contribution in [0.25, 0.3) is 0 Å². The Morgan fingerprint density at radius 3 is 2.62 bits per heavy atom. The van der Waals surface area contributed by atoms with Gasteiger partial charge in [-0.15, -0.1) is 0 Å². The van der Waals surface area contributed by atoms with E-state index in [-0.39, 0.29) is 12.0 Å². The van der Waals surface area contributed by atoms with Crippen molar-refractivity contribution in [2.24, 2.45) is 0 Å². The fourth-order valence-electron chi connectivity index (χ4n) is 3.23. The number of anilines is 1. The number of amides is 1. The molecular formula is C19H22N2O3. The number of carbonyl (C=O) groups is 2. The van der Waals surface area contributed by atoms with E-state index in [1.165, 1.54) is 5.56 Å². The highest BCUT2D eigenvalue weighted by molar-refractivity contribution is 6.09. The number of aryl methyl sites for hydroxylation is 1. The first-order chi connectivity index (χ1) is 11.4. The Labute approximate surface area is 141 Å². The van der Waals surface area contributed by atoms with Crippen LogP contribution in [0.1, 0.15) is 51.5 Å². The summed E-state index contributed by atoms with van der Waals surface area (Å²) in [6, 6.07) is 7.92. The van der Waals surface area contributed by atoms with E-state index in [1.54, 1.807) is 18.7 Å².